The van der Waals surface area contributed by atoms with Crippen molar-refractivity contribution < 1.29 is 32.3 Å². The first kappa shape index (κ1) is 34.9. The van der Waals surface area contributed by atoms with E-state index in [1.807, 2.05) is 27.7 Å². The van der Waals surface area contributed by atoms with E-state index < -0.39 is 56.8 Å². The van der Waals surface area contributed by atoms with Crippen molar-refractivity contribution in [3.8, 4) is 0 Å². The maximum atomic E-state index is 14.5. The van der Waals surface area contributed by atoms with E-state index in [4.69, 9.17) is 4.74 Å². The van der Waals surface area contributed by atoms with Crippen molar-refractivity contribution in [3.63, 3.8) is 0 Å². The number of hydrogen-bond acceptors (Lipinski definition) is 7. The average molecular weight is 666 g/mol. The van der Waals surface area contributed by atoms with Crippen LogP contribution in [0.2, 0.25) is 0 Å². The summed E-state index contributed by atoms with van der Waals surface area (Å²) in [6.45, 7) is 18.3. The maximum Gasteiger partial charge on any atom is 0.408 e. The van der Waals surface area contributed by atoms with Gasteiger partial charge in [0, 0.05) is 25.0 Å². The number of nitrogens with one attached hydrogen (secondary N) is 3. The SMILES string of the molecule is CCC1CC1(NC(=O)C1CC2(CN1C(=O)C(NC(=O)OC(C)(C)C)C(C)(C)C)C(C)(C)C21CCC1)C(=O)NS(=O)(=O)N1CCCC1. The first-order chi connectivity index (χ1) is 21.1. The molecule has 2 spiro atoms. The Labute approximate surface area is 274 Å². The van der Waals surface area contributed by atoms with Crippen LogP contribution in [0.5, 0.6) is 0 Å². The van der Waals surface area contributed by atoms with Crippen molar-refractivity contribution >= 4 is 34.0 Å². The van der Waals surface area contributed by atoms with E-state index in [0.29, 0.717) is 38.9 Å². The first-order valence-electron chi connectivity index (χ1n) is 17.0. The van der Waals surface area contributed by atoms with Crippen LogP contribution >= 0.6 is 0 Å². The normalized spacial score (nSPS) is 32.1. The zero-order valence-corrected chi connectivity index (χ0v) is 30.0. The molecule has 2 aliphatic heterocycles. The molecule has 3 N–H and O–H groups in total. The third-order valence-electron chi connectivity index (χ3n) is 12.1. The summed E-state index contributed by atoms with van der Waals surface area (Å²) in [4.78, 5) is 57.1. The lowest BCUT2D eigenvalue weighted by Crippen LogP contribution is -2.60. The van der Waals surface area contributed by atoms with Gasteiger partial charge < -0.3 is 20.3 Å². The fraction of sp³-hybridized carbons (Fsp3) is 0.879. The highest BCUT2D eigenvalue weighted by Crippen LogP contribution is 2.88. The molecule has 0 aromatic heterocycles. The lowest BCUT2D eigenvalue weighted by molar-refractivity contribution is -0.143. The van der Waals surface area contributed by atoms with Crippen molar-refractivity contribution in [1.29, 1.82) is 0 Å². The molecule has 0 bridgehead atoms. The third-order valence-corrected chi connectivity index (χ3v) is 13.6. The summed E-state index contributed by atoms with van der Waals surface area (Å²) in [5.74, 6) is -1.79. The molecule has 4 amide bonds. The van der Waals surface area contributed by atoms with Crippen LogP contribution in [-0.4, -0.2) is 84.3 Å². The number of ether oxygens (including phenoxy) is 1. The summed E-state index contributed by atoms with van der Waals surface area (Å²) < 4.78 is 35.0. The molecule has 2 saturated heterocycles. The maximum absolute atomic E-state index is 14.5. The Balaban J connectivity index is 1.43. The Morgan fingerprint density at radius 1 is 0.935 bits per heavy atom. The zero-order chi connectivity index (χ0) is 34.3. The minimum atomic E-state index is -4.03. The van der Waals surface area contributed by atoms with E-state index in [1.54, 1.807) is 25.7 Å². The van der Waals surface area contributed by atoms with Crippen molar-refractivity contribution in [2.75, 3.05) is 19.6 Å². The van der Waals surface area contributed by atoms with Crippen LogP contribution in [0.15, 0.2) is 0 Å². The van der Waals surface area contributed by atoms with E-state index in [0.717, 1.165) is 32.1 Å². The molecule has 0 aromatic carbocycles. The Bertz CT molecular complexity index is 1390. The molecule has 3 saturated carbocycles. The van der Waals surface area contributed by atoms with Crippen molar-refractivity contribution in [2.24, 2.45) is 27.6 Å². The molecule has 5 rings (SSSR count). The van der Waals surface area contributed by atoms with E-state index >= 15 is 0 Å². The van der Waals surface area contributed by atoms with E-state index in [9.17, 15) is 27.6 Å². The average Bonchev–Trinajstić information content (AvgIpc) is 3.38. The molecule has 3 aliphatic carbocycles. The largest absolute Gasteiger partial charge is 0.444 e. The van der Waals surface area contributed by atoms with Crippen molar-refractivity contribution in [3.05, 3.63) is 0 Å². The summed E-state index contributed by atoms with van der Waals surface area (Å²) in [7, 11) is -4.03. The van der Waals surface area contributed by atoms with Crippen LogP contribution in [0.4, 0.5) is 4.79 Å². The zero-order valence-electron chi connectivity index (χ0n) is 29.2. The van der Waals surface area contributed by atoms with Gasteiger partial charge in [0.1, 0.15) is 23.2 Å². The van der Waals surface area contributed by atoms with Gasteiger partial charge >= 0.3 is 16.3 Å². The van der Waals surface area contributed by atoms with Gasteiger partial charge in [0.15, 0.2) is 0 Å². The topological polar surface area (TPSA) is 154 Å². The van der Waals surface area contributed by atoms with E-state index in [2.05, 4.69) is 29.2 Å². The standard InChI is InChI=1S/C33H55N5O7S/c1-10-21-18-33(21,26(41)36-46(43,44)37-16-11-12-17-37)35-24(39)22-19-32(30(8,9)31(32)14-13-15-31)20-38(22)25(40)23(28(2,3)4)34-27(42)45-29(5,6)7/h21-23H,10-20H2,1-9H3,(H,34,42)(H,35,39)(H,36,41). The number of fused-ring (bicyclic) bond motifs is 1. The quantitative estimate of drug-likeness (QED) is 0.359. The summed E-state index contributed by atoms with van der Waals surface area (Å²) >= 11 is 0. The molecular formula is C33H55N5O7S. The van der Waals surface area contributed by atoms with Gasteiger partial charge in [-0.15, -0.1) is 0 Å². The molecule has 13 heteroatoms. The van der Waals surface area contributed by atoms with Gasteiger partial charge in [0.25, 0.3) is 5.91 Å². The van der Waals surface area contributed by atoms with E-state index in [1.165, 1.54) is 4.31 Å². The molecule has 2 heterocycles. The van der Waals surface area contributed by atoms with Crippen LogP contribution in [-0.2, 0) is 29.3 Å². The Morgan fingerprint density at radius 3 is 2.00 bits per heavy atom. The Hall–Kier alpha value is -2.41. The number of carbonyl (C=O) groups is 4. The summed E-state index contributed by atoms with van der Waals surface area (Å²) in [6, 6.07) is -1.85. The summed E-state index contributed by atoms with van der Waals surface area (Å²) in [5.41, 5.74) is -3.16. The smallest absolute Gasteiger partial charge is 0.408 e. The van der Waals surface area contributed by atoms with Gasteiger partial charge in [0.05, 0.1) is 0 Å². The second-order valence-electron chi connectivity index (χ2n) is 17.1. The molecule has 12 nitrogen and oxygen atoms in total. The molecule has 5 fully saturated rings. The monoisotopic (exact) mass is 665 g/mol. The molecule has 5 unspecified atom stereocenters. The lowest BCUT2D eigenvalue weighted by atomic mass is 9.73. The fourth-order valence-electron chi connectivity index (χ4n) is 9.12. The number of carbonyl (C=O) groups excluding carboxylic acids is 4. The summed E-state index contributed by atoms with van der Waals surface area (Å²) in [5, 5.41) is 5.77. The minimum absolute atomic E-state index is 0.0355. The number of nitrogens with zero attached hydrogens (tertiary/aromatic N) is 2. The molecule has 260 valence electrons. The third kappa shape index (κ3) is 5.50. The lowest BCUT2D eigenvalue weighted by Gasteiger charge is -2.36. The van der Waals surface area contributed by atoms with Crippen LogP contribution in [0.25, 0.3) is 0 Å². The van der Waals surface area contributed by atoms with Gasteiger partial charge in [-0.25, -0.2) is 9.52 Å². The van der Waals surface area contributed by atoms with E-state index in [-0.39, 0.29) is 28.1 Å². The predicted octanol–water partition coefficient (Wildman–Crippen LogP) is 3.46. The Kier molecular flexibility index (Phi) is 8.40. The molecule has 0 aromatic rings. The fourth-order valence-corrected chi connectivity index (χ4v) is 10.4. The number of hydrogen-bond donors (Lipinski definition) is 3. The van der Waals surface area contributed by atoms with Gasteiger partial charge in [-0.1, -0.05) is 54.4 Å². The van der Waals surface area contributed by atoms with Gasteiger partial charge in [-0.2, -0.15) is 12.7 Å². The van der Waals surface area contributed by atoms with Gasteiger partial charge in [0.2, 0.25) is 11.8 Å². The van der Waals surface area contributed by atoms with Gasteiger partial charge in [-0.05, 0) is 81.5 Å². The molecule has 46 heavy (non-hydrogen) atoms. The highest BCUT2D eigenvalue weighted by Gasteiger charge is 2.85. The van der Waals surface area contributed by atoms with Crippen LogP contribution < -0.4 is 15.4 Å². The molecular weight excluding hydrogens is 610 g/mol. The van der Waals surface area contributed by atoms with Crippen LogP contribution in [0.1, 0.15) is 114 Å². The van der Waals surface area contributed by atoms with Crippen molar-refractivity contribution in [2.45, 2.75) is 137 Å². The summed E-state index contributed by atoms with van der Waals surface area (Å²) in [6.07, 6.45) is 5.28. The highest BCUT2D eigenvalue weighted by molar-refractivity contribution is 7.87. The Morgan fingerprint density at radius 2 is 1.54 bits per heavy atom. The minimum Gasteiger partial charge on any atom is -0.444 e. The molecule has 5 atom stereocenters. The predicted molar refractivity (Wildman–Crippen MR) is 172 cm³/mol. The van der Waals surface area contributed by atoms with Crippen LogP contribution in [0.3, 0.4) is 0 Å². The molecule has 5 aliphatic rings. The first-order valence-corrected chi connectivity index (χ1v) is 18.5. The number of rotatable bonds is 8. The highest BCUT2D eigenvalue weighted by atomic mass is 32.2. The number of amides is 4. The number of likely N-dealkylation sites (tertiary alicyclic amines) is 1. The van der Waals surface area contributed by atoms with Crippen LogP contribution in [0, 0.1) is 27.6 Å². The van der Waals surface area contributed by atoms with Crippen molar-refractivity contribution in [1.82, 2.24) is 24.6 Å². The second kappa shape index (κ2) is 11.1. The number of alkyl carbamates (subject to hydrolysis) is 1. The second-order valence-corrected chi connectivity index (χ2v) is 18.8. The van der Waals surface area contributed by atoms with Gasteiger partial charge in [-0.3, -0.25) is 14.4 Å². The molecule has 0 radical (unpaired) electrons.